The van der Waals surface area contributed by atoms with Crippen LogP contribution in [0, 0.1) is 11.8 Å². The molecule has 3 heterocycles. The number of carbonyl (C=O) groups is 1. The third kappa shape index (κ3) is 10.5. The second-order valence-electron chi connectivity index (χ2n) is 16.3. The number of hydrogen-bond acceptors (Lipinski definition) is 13. The van der Waals surface area contributed by atoms with Gasteiger partial charge in [0, 0.05) is 44.3 Å². The van der Waals surface area contributed by atoms with Gasteiger partial charge in [-0.3, -0.25) is 4.79 Å². The van der Waals surface area contributed by atoms with Crippen LogP contribution in [-0.2, 0) is 33.2 Å². The van der Waals surface area contributed by atoms with Crippen molar-refractivity contribution < 1.29 is 65.7 Å². The summed E-state index contributed by atoms with van der Waals surface area (Å²) in [6.07, 6.45) is 1.39. The van der Waals surface area contributed by atoms with Crippen LogP contribution in [0.4, 0.5) is 8.78 Å². The van der Waals surface area contributed by atoms with E-state index in [1.807, 2.05) is 31.2 Å². The summed E-state index contributed by atoms with van der Waals surface area (Å²) in [5.74, 6) is -3.60. The molecule has 15 heteroatoms. The largest absolute Gasteiger partial charge is 0.493 e. The van der Waals surface area contributed by atoms with Crippen LogP contribution in [0.15, 0.2) is 24.3 Å². The maximum Gasteiger partial charge on any atom is 0.310 e. The molecule has 2 aromatic rings. The zero-order valence-corrected chi connectivity index (χ0v) is 37.0. The fourth-order valence-corrected chi connectivity index (χ4v) is 8.95. The van der Waals surface area contributed by atoms with Gasteiger partial charge in [0.25, 0.3) is 5.92 Å². The number of halogens is 2. The molecule has 0 amide bonds. The molecule has 0 saturated carbocycles. The number of rotatable bonds is 25. The van der Waals surface area contributed by atoms with Crippen molar-refractivity contribution in [1.82, 2.24) is 5.32 Å². The van der Waals surface area contributed by atoms with Gasteiger partial charge in [-0.25, -0.2) is 8.78 Å². The van der Waals surface area contributed by atoms with Crippen LogP contribution in [0.25, 0.3) is 0 Å². The normalized spacial score (nSPS) is 26.8. The lowest BCUT2D eigenvalue weighted by atomic mass is 9.65. The van der Waals surface area contributed by atoms with Gasteiger partial charge in [-0.05, 0) is 66.6 Å². The van der Waals surface area contributed by atoms with Gasteiger partial charge in [-0.15, -0.1) is 0 Å². The highest BCUT2D eigenvalue weighted by Gasteiger charge is 2.58. The molecule has 0 aromatic heterocycles. The van der Waals surface area contributed by atoms with Crippen molar-refractivity contribution in [1.29, 1.82) is 0 Å². The number of fused-ring (bicyclic) bond motifs is 3. The molecule has 2 aromatic carbocycles. The Balaban J connectivity index is 1.37. The number of methoxy groups -OCH3 is 3. The maximum absolute atomic E-state index is 17.4. The summed E-state index contributed by atoms with van der Waals surface area (Å²) in [6.45, 7) is 9.03. The van der Waals surface area contributed by atoms with Gasteiger partial charge in [0.05, 0.1) is 47.0 Å². The molecule has 9 atom stereocenters. The van der Waals surface area contributed by atoms with Crippen LogP contribution >= 0.6 is 0 Å². The predicted octanol–water partition coefficient (Wildman–Crippen LogP) is 7.78. The molecule has 0 radical (unpaired) electrons. The van der Waals surface area contributed by atoms with Gasteiger partial charge in [-0.1, -0.05) is 53.4 Å². The number of nitrogens with one attached hydrogen (secondary N) is 1. The number of cyclic esters (lactones) is 1. The van der Waals surface area contributed by atoms with E-state index in [0.29, 0.717) is 71.7 Å². The van der Waals surface area contributed by atoms with E-state index in [1.54, 1.807) is 0 Å². The summed E-state index contributed by atoms with van der Waals surface area (Å²) < 4.78 is 101. The Morgan fingerprint density at radius 2 is 1.30 bits per heavy atom. The maximum atomic E-state index is 17.4. The summed E-state index contributed by atoms with van der Waals surface area (Å²) in [5, 5.41) is 3.23. The van der Waals surface area contributed by atoms with Gasteiger partial charge in [0.2, 0.25) is 12.5 Å². The van der Waals surface area contributed by atoms with E-state index in [2.05, 4.69) is 26.1 Å². The molecule has 13 nitrogen and oxygen atoms in total. The van der Waals surface area contributed by atoms with Gasteiger partial charge in [0.15, 0.2) is 29.1 Å². The molecular weight excluding hydrogens is 796 g/mol. The average molecular weight is 864 g/mol. The van der Waals surface area contributed by atoms with Gasteiger partial charge in [-0.2, -0.15) is 0 Å². The van der Waals surface area contributed by atoms with Crippen molar-refractivity contribution in [2.75, 3.05) is 74.3 Å². The van der Waals surface area contributed by atoms with Gasteiger partial charge in [0.1, 0.15) is 24.4 Å². The summed E-state index contributed by atoms with van der Waals surface area (Å²) in [4.78, 5) is 13.8. The van der Waals surface area contributed by atoms with Crippen molar-refractivity contribution in [2.24, 2.45) is 11.8 Å². The molecule has 61 heavy (non-hydrogen) atoms. The molecule has 0 unspecified atom stereocenters. The minimum absolute atomic E-state index is 0.00451. The Bertz CT molecular complexity index is 1690. The second-order valence-corrected chi connectivity index (χ2v) is 16.3. The molecule has 342 valence electrons. The first-order valence-corrected chi connectivity index (χ1v) is 22.2. The number of benzene rings is 2. The number of unbranched alkanes of at least 4 members (excludes halogenated alkanes) is 4. The number of ether oxygens (including phenoxy) is 11. The Morgan fingerprint density at radius 1 is 0.721 bits per heavy atom. The predicted molar refractivity (Wildman–Crippen MR) is 222 cm³/mol. The van der Waals surface area contributed by atoms with Crippen molar-refractivity contribution >= 4 is 5.97 Å². The van der Waals surface area contributed by atoms with Gasteiger partial charge < -0.3 is 57.4 Å². The highest BCUT2D eigenvalue weighted by molar-refractivity contribution is 5.79. The highest BCUT2D eigenvalue weighted by atomic mass is 19.3. The summed E-state index contributed by atoms with van der Waals surface area (Å²) in [5.41, 5.74) is 2.09. The Labute approximate surface area is 359 Å². The molecule has 2 saturated heterocycles. The zero-order valence-electron chi connectivity index (χ0n) is 37.0. The van der Waals surface area contributed by atoms with E-state index in [0.717, 1.165) is 44.9 Å². The SMILES string of the molecule is CCCCOC[C@H]1O[C@@H](C(F)(F)CN[C@@H]2c3cc4c(cc3[C@@H](c3cc(OC)c(OC)c(OC)c3)[C@H]3C(=O)OC[C@@H]32)OCO4)[C@H](OCCCC)[C@@H](OCCCC)[C@@H]1OCCCC. The van der Waals surface area contributed by atoms with Crippen molar-refractivity contribution in [3.05, 3.63) is 41.0 Å². The molecule has 6 rings (SSSR count). The van der Waals surface area contributed by atoms with Crippen LogP contribution in [-0.4, -0.2) is 117 Å². The smallest absolute Gasteiger partial charge is 0.310 e. The third-order valence-electron chi connectivity index (χ3n) is 12.2. The van der Waals surface area contributed by atoms with Crippen LogP contribution in [0.3, 0.4) is 0 Å². The molecule has 3 aliphatic heterocycles. The Kier molecular flexibility index (Phi) is 17.1. The highest BCUT2D eigenvalue weighted by Crippen LogP contribution is 2.56. The monoisotopic (exact) mass is 863 g/mol. The van der Waals surface area contributed by atoms with Crippen molar-refractivity contribution in [2.45, 2.75) is 127 Å². The zero-order chi connectivity index (χ0) is 43.5. The number of esters is 1. The fraction of sp³-hybridized carbons (Fsp3) is 0.717. The van der Waals surface area contributed by atoms with Crippen LogP contribution in [0.5, 0.6) is 28.7 Å². The second kappa shape index (κ2) is 22.2. The Hall–Kier alpha value is -3.47. The molecule has 2 fully saturated rings. The van der Waals surface area contributed by atoms with E-state index < -0.39 is 72.8 Å². The molecule has 0 bridgehead atoms. The van der Waals surface area contributed by atoms with Crippen LogP contribution < -0.4 is 29.0 Å². The molecular formula is C46H67F2NO12. The summed E-state index contributed by atoms with van der Waals surface area (Å²) in [6, 6.07) is 6.53. The minimum atomic E-state index is -3.50. The van der Waals surface area contributed by atoms with Crippen molar-refractivity contribution in [3.63, 3.8) is 0 Å². The first-order valence-electron chi connectivity index (χ1n) is 22.2. The number of hydrogen-bond donors (Lipinski definition) is 1. The average Bonchev–Trinajstić information content (AvgIpc) is 3.89. The standard InChI is InChI=1S/C46H67F2NO12/c1-8-12-16-54-25-36-41(55-17-13-9-2)42(56-18-14-10-3)43(57-19-15-11-4)44(61-36)46(47,48)26-49-39-30-23-33-32(59-27-60-33)22-29(30)37(38-31(39)24-58-45(38)50)28-20-34(51-5)40(53-7)35(21-28)52-6/h20-23,31,36-39,41-44,49H,8-19,24-27H2,1-7H3/t31-,36+,37+,38-,39+,41+,42-,43+,44+/m0/s1. The first-order chi connectivity index (χ1) is 29.7. The molecule has 1 aliphatic carbocycles. The lowest BCUT2D eigenvalue weighted by Crippen LogP contribution is -2.67. The van der Waals surface area contributed by atoms with Crippen LogP contribution in [0.1, 0.15) is 108 Å². The van der Waals surface area contributed by atoms with Crippen LogP contribution in [0.2, 0.25) is 0 Å². The lowest BCUT2D eigenvalue weighted by molar-refractivity contribution is -0.304. The summed E-state index contributed by atoms with van der Waals surface area (Å²) in [7, 11) is 4.57. The molecule has 0 spiro atoms. The minimum Gasteiger partial charge on any atom is -0.493 e. The number of carbonyl (C=O) groups excluding carboxylic acids is 1. The third-order valence-corrected chi connectivity index (χ3v) is 12.2. The van der Waals surface area contributed by atoms with Gasteiger partial charge >= 0.3 is 5.97 Å². The first kappa shape index (κ1) is 47.0. The topological polar surface area (TPSA) is 131 Å². The fourth-order valence-electron chi connectivity index (χ4n) is 8.95. The Morgan fingerprint density at radius 3 is 1.89 bits per heavy atom. The van der Waals surface area contributed by atoms with E-state index in [9.17, 15) is 4.79 Å². The van der Waals surface area contributed by atoms with Crippen molar-refractivity contribution in [3.8, 4) is 28.7 Å². The molecule has 1 N–H and O–H groups in total. The quantitative estimate of drug-likeness (QED) is 0.0771. The van der Waals surface area contributed by atoms with E-state index in [4.69, 9.17) is 52.1 Å². The molecule has 4 aliphatic rings. The lowest BCUT2D eigenvalue weighted by Gasteiger charge is -2.48. The van der Waals surface area contributed by atoms with E-state index in [1.165, 1.54) is 21.3 Å². The summed E-state index contributed by atoms with van der Waals surface area (Å²) >= 11 is 0. The van der Waals surface area contributed by atoms with E-state index >= 15 is 8.78 Å². The van der Waals surface area contributed by atoms with E-state index in [-0.39, 0.29) is 26.6 Å². The number of alkyl halides is 2.